The Balaban J connectivity index is 1.71. The number of hydrogen-bond acceptors (Lipinski definition) is 6. The van der Waals surface area contributed by atoms with Crippen molar-refractivity contribution in [1.29, 1.82) is 0 Å². The number of nitrogens with one attached hydrogen (secondary N) is 1. The van der Waals surface area contributed by atoms with E-state index < -0.39 is 0 Å². The Morgan fingerprint density at radius 1 is 1.00 bits per heavy atom. The van der Waals surface area contributed by atoms with E-state index in [2.05, 4.69) is 25.5 Å². The summed E-state index contributed by atoms with van der Waals surface area (Å²) in [6, 6.07) is 13.4. The Labute approximate surface area is 125 Å². The number of hydrazone groups is 1. The molecule has 0 aliphatic heterocycles. The molecule has 4 rings (SSSR count). The van der Waals surface area contributed by atoms with Crippen LogP contribution in [-0.4, -0.2) is 21.2 Å². The molecule has 106 valence electrons. The number of pyridine rings is 1. The number of para-hydroxylation sites is 1. The lowest BCUT2D eigenvalue weighted by molar-refractivity contribution is 0.667. The second kappa shape index (κ2) is 5.25. The van der Waals surface area contributed by atoms with Crippen molar-refractivity contribution in [1.82, 2.24) is 15.0 Å². The summed E-state index contributed by atoms with van der Waals surface area (Å²) in [4.78, 5) is 12.6. The number of nitrogens with zero attached hydrogens (tertiary/aromatic N) is 4. The van der Waals surface area contributed by atoms with E-state index in [9.17, 15) is 0 Å². The summed E-state index contributed by atoms with van der Waals surface area (Å²) >= 11 is 0. The van der Waals surface area contributed by atoms with Crippen molar-refractivity contribution in [2.45, 2.75) is 0 Å². The maximum atomic E-state index is 5.81. The molecule has 0 unspecified atom stereocenters. The second-order valence-electron chi connectivity index (χ2n) is 4.62. The van der Waals surface area contributed by atoms with Crippen molar-refractivity contribution in [2.75, 3.05) is 5.43 Å². The van der Waals surface area contributed by atoms with Crippen molar-refractivity contribution in [2.24, 2.45) is 5.10 Å². The largest absolute Gasteiger partial charge is 0.450 e. The highest BCUT2D eigenvalue weighted by atomic mass is 16.3. The summed E-state index contributed by atoms with van der Waals surface area (Å²) in [7, 11) is 0. The van der Waals surface area contributed by atoms with Gasteiger partial charge in [-0.1, -0.05) is 18.2 Å². The van der Waals surface area contributed by atoms with Crippen LogP contribution in [0.3, 0.4) is 0 Å². The number of hydrogen-bond donors (Lipinski definition) is 1. The van der Waals surface area contributed by atoms with Crippen LogP contribution in [-0.2, 0) is 0 Å². The van der Waals surface area contributed by atoms with Crippen molar-refractivity contribution in [3.8, 4) is 0 Å². The first-order valence-corrected chi connectivity index (χ1v) is 6.74. The summed E-state index contributed by atoms with van der Waals surface area (Å²) in [6.45, 7) is 0. The molecule has 1 aromatic carbocycles. The first-order valence-electron chi connectivity index (χ1n) is 6.74. The molecular formula is C16H11N5O. The highest BCUT2D eigenvalue weighted by Gasteiger charge is 2.11. The van der Waals surface area contributed by atoms with Crippen molar-refractivity contribution in [3.63, 3.8) is 0 Å². The highest BCUT2D eigenvalue weighted by Crippen LogP contribution is 2.30. The molecule has 0 spiro atoms. The van der Waals surface area contributed by atoms with Gasteiger partial charge in [-0.05, 0) is 24.3 Å². The Morgan fingerprint density at radius 3 is 2.82 bits per heavy atom. The molecule has 1 N–H and O–H groups in total. The van der Waals surface area contributed by atoms with E-state index in [0.717, 1.165) is 22.2 Å². The van der Waals surface area contributed by atoms with Crippen LogP contribution in [0.1, 0.15) is 5.69 Å². The Hall–Kier alpha value is -3.28. The lowest BCUT2D eigenvalue weighted by Gasteiger charge is -1.98. The first-order chi connectivity index (χ1) is 10.9. The van der Waals surface area contributed by atoms with Crippen LogP contribution < -0.4 is 5.43 Å². The Kier molecular flexibility index (Phi) is 2.97. The number of fused-ring (bicyclic) bond motifs is 3. The van der Waals surface area contributed by atoms with Gasteiger partial charge in [0.25, 0.3) is 0 Å². The molecule has 0 radical (unpaired) electrons. The first kappa shape index (κ1) is 12.5. The van der Waals surface area contributed by atoms with Gasteiger partial charge in [0, 0.05) is 11.6 Å². The van der Waals surface area contributed by atoms with E-state index in [1.165, 1.54) is 6.33 Å². The van der Waals surface area contributed by atoms with Gasteiger partial charge in [-0.2, -0.15) is 5.10 Å². The molecule has 0 fully saturated rings. The summed E-state index contributed by atoms with van der Waals surface area (Å²) in [6.07, 6.45) is 4.82. The van der Waals surface area contributed by atoms with Crippen LogP contribution in [0.2, 0.25) is 0 Å². The van der Waals surface area contributed by atoms with Gasteiger partial charge in [0.2, 0.25) is 0 Å². The number of benzene rings is 1. The number of rotatable bonds is 3. The summed E-state index contributed by atoms with van der Waals surface area (Å²) in [5.74, 6) is 0.522. The van der Waals surface area contributed by atoms with Gasteiger partial charge in [-0.3, -0.25) is 10.4 Å². The van der Waals surface area contributed by atoms with Crippen molar-refractivity contribution < 1.29 is 4.42 Å². The maximum absolute atomic E-state index is 5.81. The molecule has 6 nitrogen and oxygen atoms in total. The number of anilines is 1. The van der Waals surface area contributed by atoms with Crippen LogP contribution in [0, 0.1) is 0 Å². The van der Waals surface area contributed by atoms with E-state index >= 15 is 0 Å². The zero-order valence-electron chi connectivity index (χ0n) is 11.5. The van der Waals surface area contributed by atoms with E-state index in [1.54, 1.807) is 12.4 Å². The fourth-order valence-corrected chi connectivity index (χ4v) is 2.22. The molecular weight excluding hydrogens is 278 g/mol. The van der Waals surface area contributed by atoms with E-state index in [0.29, 0.717) is 11.4 Å². The molecule has 0 saturated heterocycles. The van der Waals surface area contributed by atoms with Gasteiger partial charge in [-0.25, -0.2) is 9.97 Å². The van der Waals surface area contributed by atoms with Crippen molar-refractivity contribution in [3.05, 3.63) is 60.7 Å². The average Bonchev–Trinajstić information content (AvgIpc) is 2.96. The Bertz CT molecular complexity index is 962. The molecule has 0 saturated carbocycles. The Morgan fingerprint density at radius 2 is 1.91 bits per heavy atom. The SMILES string of the molecule is C(=N/Nc1ncnc2c1oc1ccccc12)/c1ccccn1. The molecule has 6 heteroatoms. The molecule has 0 amide bonds. The zero-order chi connectivity index (χ0) is 14.8. The van der Waals surface area contributed by atoms with Crippen LogP contribution in [0.4, 0.5) is 5.82 Å². The van der Waals surface area contributed by atoms with E-state index in [-0.39, 0.29) is 0 Å². The summed E-state index contributed by atoms with van der Waals surface area (Å²) in [5, 5.41) is 5.10. The molecule has 3 aromatic heterocycles. The smallest absolute Gasteiger partial charge is 0.197 e. The topological polar surface area (TPSA) is 76.2 Å². The molecule has 22 heavy (non-hydrogen) atoms. The van der Waals surface area contributed by atoms with E-state index in [4.69, 9.17) is 4.42 Å². The number of furan rings is 1. The third kappa shape index (κ3) is 2.16. The minimum Gasteiger partial charge on any atom is -0.450 e. The molecule has 0 aliphatic carbocycles. The molecule has 0 atom stereocenters. The summed E-state index contributed by atoms with van der Waals surface area (Å²) in [5.41, 5.74) is 5.76. The van der Waals surface area contributed by atoms with Gasteiger partial charge >= 0.3 is 0 Å². The third-order valence-electron chi connectivity index (χ3n) is 3.21. The normalized spacial score (nSPS) is 11.5. The lowest BCUT2D eigenvalue weighted by atomic mass is 10.2. The fourth-order valence-electron chi connectivity index (χ4n) is 2.22. The predicted molar refractivity (Wildman–Crippen MR) is 84.8 cm³/mol. The van der Waals surface area contributed by atoms with Crippen molar-refractivity contribution >= 4 is 34.1 Å². The monoisotopic (exact) mass is 289 g/mol. The lowest BCUT2D eigenvalue weighted by Crippen LogP contribution is -1.95. The van der Waals surface area contributed by atoms with Gasteiger partial charge in [0.15, 0.2) is 11.4 Å². The molecule has 4 aromatic rings. The maximum Gasteiger partial charge on any atom is 0.197 e. The standard InChI is InChI=1S/C16H11N5O/c1-2-7-13-12(6-1)14-15(22-13)16(19-10-18-14)21-20-9-11-5-3-4-8-17-11/h1-10H,(H,18,19,21)/b20-9-. The molecule has 3 heterocycles. The quantitative estimate of drug-likeness (QED) is 0.463. The highest BCUT2D eigenvalue weighted by molar-refractivity contribution is 6.05. The number of aromatic nitrogens is 3. The van der Waals surface area contributed by atoms with Gasteiger partial charge in [-0.15, -0.1) is 0 Å². The zero-order valence-corrected chi connectivity index (χ0v) is 11.5. The minimum absolute atomic E-state index is 0.522. The fraction of sp³-hybridized carbons (Fsp3) is 0. The van der Waals surface area contributed by atoms with E-state index in [1.807, 2.05) is 42.5 Å². The second-order valence-corrected chi connectivity index (χ2v) is 4.62. The van der Waals surface area contributed by atoms with Gasteiger partial charge < -0.3 is 4.42 Å². The van der Waals surface area contributed by atoms with Gasteiger partial charge in [0.05, 0.1) is 11.9 Å². The van der Waals surface area contributed by atoms with Crippen LogP contribution >= 0.6 is 0 Å². The average molecular weight is 289 g/mol. The molecule has 0 aliphatic rings. The van der Waals surface area contributed by atoms with Gasteiger partial charge in [0.1, 0.15) is 17.4 Å². The predicted octanol–water partition coefficient (Wildman–Crippen LogP) is 3.22. The van der Waals surface area contributed by atoms with Crippen LogP contribution in [0.15, 0.2) is 64.5 Å². The van der Waals surface area contributed by atoms with Crippen LogP contribution in [0.25, 0.3) is 22.1 Å². The summed E-state index contributed by atoms with van der Waals surface area (Å²) < 4.78 is 5.81. The van der Waals surface area contributed by atoms with Crippen LogP contribution in [0.5, 0.6) is 0 Å². The molecule has 0 bridgehead atoms. The minimum atomic E-state index is 0.522. The third-order valence-corrected chi connectivity index (χ3v) is 3.21.